The molecule has 3 nitrogen and oxygen atoms in total. The summed E-state index contributed by atoms with van der Waals surface area (Å²) >= 11 is 5.84. The Labute approximate surface area is 86.7 Å². The first-order chi connectivity index (χ1) is 6.59. The van der Waals surface area contributed by atoms with Crippen molar-refractivity contribution >= 4 is 17.5 Å². The van der Waals surface area contributed by atoms with E-state index >= 15 is 0 Å². The highest BCUT2D eigenvalue weighted by atomic mass is 35.5. The van der Waals surface area contributed by atoms with Crippen molar-refractivity contribution in [3.8, 4) is 5.75 Å². The zero-order valence-electron chi connectivity index (χ0n) is 7.67. The van der Waals surface area contributed by atoms with Gasteiger partial charge in [-0.25, -0.2) is 0 Å². The zero-order valence-corrected chi connectivity index (χ0v) is 8.43. The molecule has 0 spiro atoms. The SMILES string of the molecule is C[C@H]1Cc2ccc(O)c(Cl)c2C(=O)N1. The van der Waals surface area contributed by atoms with Gasteiger partial charge in [-0.3, -0.25) is 4.79 Å². The molecule has 1 aliphatic rings. The van der Waals surface area contributed by atoms with Crippen LogP contribution in [-0.2, 0) is 6.42 Å². The number of hydrogen-bond donors (Lipinski definition) is 2. The molecule has 4 heteroatoms. The minimum absolute atomic E-state index is 0.0462. The van der Waals surface area contributed by atoms with Gasteiger partial charge in [0.2, 0.25) is 0 Å². The smallest absolute Gasteiger partial charge is 0.253 e. The van der Waals surface area contributed by atoms with E-state index in [1.807, 2.05) is 6.92 Å². The molecule has 0 saturated heterocycles. The largest absolute Gasteiger partial charge is 0.506 e. The molecule has 0 fully saturated rings. The van der Waals surface area contributed by atoms with Crippen LogP contribution in [0.4, 0.5) is 0 Å². The number of halogens is 1. The molecule has 1 atom stereocenters. The molecule has 1 heterocycles. The molecule has 0 saturated carbocycles. The molecule has 0 bridgehead atoms. The molecule has 0 aliphatic carbocycles. The number of phenolic OH excluding ortho intramolecular Hbond substituents is 1. The number of rotatable bonds is 0. The molecule has 1 aromatic carbocycles. The Bertz CT molecular complexity index is 403. The number of nitrogens with one attached hydrogen (secondary N) is 1. The van der Waals surface area contributed by atoms with Gasteiger partial charge in [0.1, 0.15) is 5.75 Å². The quantitative estimate of drug-likeness (QED) is 0.687. The van der Waals surface area contributed by atoms with Crippen LogP contribution in [0, 0.1) is 0 Å². The summed E-state index contributed by atoms with van der Waals surface area (Å²) < 4.78 is 0. The lowest BCUT2D eigenvalue weighted by Gasteiger charge is -2.23. The molecule has 0 radical (unpaired) electrons. The summed E-state index contributed by atoms with van der Waals surface area (Å²) in [6.45, 7) is 1.93. The Hall–Kier alpha value is -1.22. The highest BCUT2D eigenvalue weighted by Crippen LogP contribution is 2.31. The highest BCUT2D eigenvalue weighted by Gasteiger charge is 2.25. The Kier molecular flexibility index (Phi) is 2.11. The lowest BCUT2D eigenvalue weighted by atomic mass is 9.96. The van der Waals surface area contributed by atoms with E-state index in [9.17, 15) is 9.90 Å². The second-order valence-corrected chi connectivity index (χ2v) is 3.89. The fourth-order valence-electron chi connectivity index (χ4n) is 1.70. The maximum atomic E-state index is 11.6. The average molecular weight is 212 g/mol. The van der Waals surface area contributed by atoms with Gasteiger partial charge in [0.25, 0.3) is 5.91 Å². The number of benzene rings is 1. The van der Waals surface area contributed by atoms with Crippen LogP contribution in [-0.4, -0.2) is 17.1 Å². The number of phenols is 1. The van der Waals surface area contributed by atoms with Crippen molar-refractivity contribution in [1.29, 1.82) is 0 Å². The van der Waals surface area contributed by atoms with Crippen LogP contribution in [0.25, 0.3) is 0 Å². The van der Waals surface area contributed by atoms with Crippen molar-refractivity contribution < 1.29 is 9.90 Å². The van der Waals surface area contributed by atoms with Gasteiger partial charge in [-0.2, -0.15) is 0 Å². The maximum Gasteiger partial charge on any atom is 0.253 e. The molecule has 1 amide bonds. The average Bonchev–Trinajstić information content (AvgIpc) is 2.10. The van der Waals surface area contributed by atoms with Gasteiger partial charge >= 0.3 is 0 Å². The minimum Gasteiger partial charge on any atom is -0.506 e. The zero-order chi connectivity index (χ0) is 10.3. The molecular formula is C10H10ClNO2. The van der Waals surface area contributed by atoms with Crippen molar-refractivity contribution in [2.45, 2.75) is 19.4 Å². The van der Waals surface area contributed by atoms with E-state index in [-0.39, 0.29) is 22.7 Å². The predicted octanol–water partition coefficient (Wildman–Crippen LogP) is 1.72. The summed E-state index contributed by atoms with van der Waals surface area (Å²) in [7, 11) is 0. The van der Waals surface area contributed by atoms with Crippen LogP contribution < -0.4 is 5.32 Å². The lowest BCUT2D eigenvalue weighted by molar-refractivity contribution is 0.0929. The maximum absolute atomic E-state index is 11.6. The van der Waals surface area contributed by atoms with Gasteiger partial charge in [0.05, 0.1) is 10.6 Å². The Morgan fingerprint density at radius 3 is 3.00 bits per heavy atom. The van der Waals surface area contributed by atoms with E-state index in [2.05, 4.69) is 5.32 Å². The van der Waals surface area contributed by atoms with Crippen molar-refractivity contribution in [2.75, 3.05) is 0 Å². The number of amides is 1. The highest BCUT2D eigenvalue weighted by molar-refractivity contribution is 6.35. The molecule has 0 unspecified atom stereocenters. The number of carbonyl (C=O) groups excluding carboxylic acids is 1. The summed E-state index contributed by atoms with van der Waals surface area (Å²) in [4.78, 5) is 11.6. The van der Waals surface area contributed by atoms with Crippen LogP contribution in [0.3, 0.4) is 0 Å². The van der Waals surface area contributed by atoms with E-state index in [4.69, 9.17) is 11.6 Å². The molecule has 1 aliphatic heterocycles. The van der Waals surface area contributed by atoms with Gasteiger partial charge in [-0.15, -0.1) is 0 Å². The van der Waals surface area contributed by atoms with E-state index in [1.165, 1.54) is 6.07 Å². The topological polar surface area (TPSA) is 49.3 Å². The fourth-order valence-corrected chi connectivity index (χ4v) is 1.97. The van der Waals surface area contributed by atoms with Crippen molar-refractivity contribution in [3.05, 3.63) is 28.3 Å². The molecular weight excluding hydrogens is 202 g/mol. The van der Waals surface area contributed by atoms with E-state index < -0.39 is 0 Å². The third kappa shape index (κ3) is 1.34. The second kappa shape index (κ2) is 3.17. The Morgan fingerprint density at radius 2 is 2.29 bits per heavy atom. The molecule has 0 aromatic heterocycles. The van der Waals surface area contributed by atoms with Gasteiger partial charge in [-0.1, -0.05) is 17.7 Å². The molecule has 2 rings (SSSR count). The lowest BCUT2D eigenvalue weighted by Crippen LogP contribution is -2.39. The van der Waals surface area contributed by atoms with E-state index in [0.717, 1.165) is 12.0 Å². The van der Waals surface area contributed by atoms with Crippen molar-refractivity contribution in [1.82, 2.24) is 5.32 Å². The van der Waals surface area contributed by atoms with Gasteiger partial charge in [-0.05, 0) is 25.0 Å². The van der Waals surface area contributed by atoms with Crippen molar-refractivity contribution in [2.24, 2.45) is 0 Å². The minimum atomic E-state index is -0.209. The summed E-state index contributed by atoms with van der Waals surface area (Å²) in [5, 5.41) is 12.3. The summed E-state index contributed by atoms with van der Waals surface area (Å²) in [6, 6.07) is 3.38. The molecule has 74 valence electrons. The number of hydrogen-bond acceptors (Lipinski definition) is 2. The predicted molar refractivity (Wildman–Crippen MR) is 53.7 cm³/mol. The standard InChI is InChI=1S/C10H10ClNO2/c1-5-4-6-2-3-7(13)9(11)8(6)10(14)12-5/h2-3,5,13H,4H2,1H3,(H,12,14)/t5-/m0/s1. The summed E-state index contributed by atoms with van der Waals surface area (Å²) in [5.41, 5.74) is 1.30. The summed E-state index contributed by atoms with van der Waals surface area (Å²) in [5.74, 6) is -0.255. The number of fused-ring (bicyclic) bond motifs is 1. The van der Waals surface area contributed by atoms with Crippen LogP contribution >= 0.6 is 11.6 Å². The Morgan fingerprint density at radius 1 is 1.57 bits per heavy atom. The fraction of sp³-hybridized carbons (Fsp3) is 0.300. The van der Waals surface area contributed by atoms with Crippen LogP contribution in [0.15, 0.2) is 12.1 Å². The normalized spacial score (nSPS) is 20.1. The molecule has 14 heavy (non-hydrogen) atoms. The second-order valence-electron chi connectivity index (χ2n) is 3.51. The van der Waals surface area contributed by atoms with Gasteiger partial charge in [0, 0.05) is 6.04 Å². The third-order valence-corrected chi connectivity index (χ3v) is 2.72. The van der Waals surface area contributed by atoms with Gasteiger partial charge in [0.15, 0.2) is 0 Å². The van der Waals surface area contributed by atoms with Crippen LogP contribution in [0.5, 0.6) is 5.75 Å². The first-order valence-electron chi connectivity index (χ1n) is 4.41. The Balaban J connectivity index is 2.60. The van der Waals surface area contributed by atoms with Crippen molar-refractivity contribution in [3.63, 3.8) is 0 Å². The third-order valence-electron chi connectivity index (χ3n) is 2.34. The number of aromatic hydroxyl groups is 1. The first-order valence-corrected chi connectivity index (χ1v) is 4.78. The number of carbonyl (C=O) groups is 1. The van der Waals surface area contributed by atoms with E-state index in [1.54, 1.807) is 6.07 Å². The summed E-state index contributed by atoms with van der Waals surface area (Å²) in [6.07, 6.45) is 0.751. The van der Waals surface area contributed by atoms with Crippen LogP contribution in [0.2, 0.25) is 5.02 Å². The van der Waals surface area contributed by atoms with E-state index in [0.29, 0.717) is 5.56 Å². The molecule has 2 N–H and O–H groups in total. The molecule has 1 aromatic rings. The van der Waals surface area contributed by atoms with Crippen LogP contribution in [0.1, 0.15) is 22.8 Å². The van der Waals surface area contributed by atoms with Gasteiger partial charge < -0.3 is 10.4 Å². The first kappa shape index (κ1) is 9.34. The monoisotopic (exact) mass is 211 g/mol.